The van der Waals surface area contributed by atoms with E-state index in [1.165, 1.54) is 0 Å². The Balaban J connectivity index is 1.52. The maximum Gasteiger partial charge on any atom is 0.225 e. The Hall–Kier alpha value is -1.98. The molecule has 0 spiro atoms. The van der Waals surface area contributed by atoms with Crippen molar-refractivity contribution in [1.82, 2.24) is 24.7 Å². The molecule has 2 aromatic rings. The van der Waals surface area contributed by atoms with Crippen LogP contribution in [0.4, 0.5) is 0 Å². The van der Waals surface area contributed by atoms with Gasteiger partial charge in [-0.1, -0.05) is 0 Å². The Morgan fingerprint density at radius 3 is 2.62 bits per heavy atom. The average Bonchev–Trinajstić information content (AvgIpc) is 3.27. The van der Waals surface area contributed by atoms with E-state index in [9.17, 15) is 4.79 Å². The van der Waals surface area contributed by atoms with E-state index in [1.54, 1.807) is 0 Å². The normalized spacial score (nSPS) is 20.1. The van der Waals surface area contributed by atoms with Crippen molar-refractivity contribution in [3.63, 3.8) is 0 Å². The van der Waals surface area contributed by atoms with E-state index in [0.29, 0.717) is 17.7 Å². The molecule has 2 aromatic heterocycles. The number of hydrogen-bond donors (Lipinski definition) is 0. The number of piperidine rings is 1. The van der Waals surface area contributed by atoms with E-state index in [1.807, 2.05) is 28.5 Å². The van der Waals surface area contributed by atoms with Gasteiger partial charge in [-0.25, -0.2) is 0 Å². The highest BCUT2D eigenvalue weighted by atomic mass is 16.2. The van der Waals surface area contributed by atoms with E-state index in [-0.39, 0.29) is 0 Å². The molecule has 3 heterocycles. The van der Waals surface area contributed by atoms with Crippen LogP contribution in [-0.2, 0) is 4.79 Å². The summed E-state index contributed by atoms with van der Waals surface area (Å²) in [4.78, 5) is 14.1. The van der Waals surface area contributed by atoms with Gasteiger partial charge in [-0.2, -0.15) is 9.61 Å². The Labute approximate surface area is 123 Å². The van der Waals surface area contributed by atoms with Gasteiger partial charge in [0.15, 0.2) is 11.5 Å². The fourth-order valence-electron chi connectivity index (χ4n) is 3.10. The number of hydrogen-bond acceptors (Lipinski definition) is 4. The van der Waals surface area contributed by atoms with E-state index >= 15 is 0 Å². The van der Waals surface area contributed by atoms with Crippen molar-refractivity contribution in [2.75, 3.05) is 13.1 Å². The third kappa shape index (κ3) is 2.28. The van der Waals surface area contributed by atoms with Crippen LogP contribution < -0.4 is 0 Å². The molecular formula is C15H19N5O. The molecule has 21 heavy (non-hydrogen) atoms. The number of aryl methyl sites for hydroxylation is 1. The van der Waals surface area contributed by atoms with Gasteiger partial charge in [-0.15, -0.1) is 10.2 Å². The van der Waals surface area contributed by atoms with E-state index in [0.717, 1.165) is 55.9 Å². The summed E-state index contributed by atoms with van der Waals surface area (Å²) in [7, 11) is 0. The lowest BCUT2D eigenvalue weighted by Crippen LogP contribution is -2.39. The summed E-state index contributed by atoms with van der Waals surface area (Å²) in [6.45, 7) is 3.64. The van der Waals surface area contributed by atoms with Crippen molar-refractivity contribution in [2.45, 2.75) is 38.5 Å². The number of amides is 1. The summed E-state index contributed by atoms with van der Waals surface area (Å²) in [6.07, 6.45) is 4.07. The van der Waals surface area contributed by atoms with Gasteiger partial charge in [-0.3, -0.25) is 4.79 Å². The summed E-state index contributed by atoms with van der Waals surface area (Å²) in [5, 5.41) is 13.0. The number of likely N-dealkylation sites (tertiary alicyclic amines) is 1. The third-order valence-electron chi connectivity index (χ3n) is 4.52. The van der Waals surface area contributed by atoms with Crippen molar-refractivity contribution in [3.8, 4) is 0 Å². The molecule has 4 rings (SSSR count). The van der Waals surface area contributed by atoms with Gasteiger partial charge in [0.1, 0.15) is 0 Å². The maximum atomic E-state index is 12.1. The monoisotopic (exact) mass is 285 g/mol. The number of aromatic nitrogens is 4. The molecule has 0 bridgehead atoms. The van der Waals surface area contributed by atoms with E-state index < -0.39 is 0 Å². The van der Waals surface area contributed by atoms with Gasteiger partial charge in [-0.05, 0) is 44.7 Å². The molecule has 2 aliphatic rings. The first kappa shape index (κ1) is 12.7. The van der Waals surface area contributed by atoms with Crippen molar-refractivity contribution in [1.29, 1.82) is 0 Å². The second-order valence-electron chi connectivity index (χ2n) is 6.18. The smallest absolute Gasteiger partial charge is 0.225 e. The highest BCUT2D eigenvalue weighted by Crippen LogP contribution is 2.34. The van der Waals surface area contributed by atoms with Crippen molar-refractivity contribution in [3.05, 3.63) is 23.7 Å². The molecular weight excluding hydrogens is 266 g/mol. The molecule has 1 saturated heterocycles. The zero-order valence-electron chi connectivity index (χ0n) is 12.2. The number of rotatable bonds is 2. The van der Waals surface area contributed by atoms with Crippen LogP contribution in [0.5, 0.6) is 0 Å². The van der Waals surface area contributed by atoms with Crippen LogP contribution in [0.15, 0.2) is 12.1 Å². The molecule has 6 heteroatoms. The Bertz CT molecular complexity index is 682. The lowest BCUT2D eigenvalue weighted by molar-refractivity contribution is -0.133. The zero-order chi connectivity index (χ0) is 14.4. The minimum Gasteiger partial charge on any atom is -0.342 e. The fraction of sp³-hybridized carbons (Fsp3) is 0.600. The van der Waals surface area contributed by atoms with Crippen LogP contribution in [0.25, 0.3) is 5.65 Å². The summed E-state index contributed by atoms with van der Waals surface area (Å²) in [6, 6.07) is 3.90. The lowest BCUT2D eigenvalue weighted by atomic mass is 9.96. The predicted octanol–water partition coefficient (Wildman–Crippen LogP) is 1.55. The van der Waals surface area contributed by atoms with Crippen LogP contribution in [0, 0.1) is 12.8 Å². The summed E-state index contributed by atoms with van der Waals surface area (Å²) in [5.74, 6) is 1.96. The fourth-order valence-corrected chi connectivity index (χ4v) is 3.10. The number of nitrogens with zero attached hydrogens (tertiary/aromatic N) is 5. The number of carbonyl (C=O) groups excluding carboxylic acids is 1. The number of fused-ring (bicyclic) bond motifs is 1. The van der Waals surface area contributed by atoms with E-state index in [2.05, 4.69) is 15.3 Å². The van der Waals surface area contributed by atoms with Crippen molar-refractivity contribution < 1.29 is 4.79 Å². The Morgan fingerprint density at radius 1 is 1.14 bits per heavy atom. The minimum atomic E-state index is 0.319. The minimum absolute atomic E-state index is 0.319. The standard InChI is InChI=1S/C15H19N5O/c1-10-2-5-13-16-17-14(20(13)18-10)11-6-8-19(9-7-11)15(21)12-3-4-12/h2,5,11-12H,3-4,6-9H2,1H3. The molecule has 110 valence electrons. The topological polar surface area (TPSA) is 63.4 Å². The molecule has 0 N–H and O–H groups in total. The first-order valence-electron chi connectivity index (χ1n) is 7.70. The second kappa shape index (κ2) is 4.79. The van der Waals surface area contributed by atoms with Crippen LogP contribution in [0.1, 0.15) is 43.1 Å². The van der Waals surface area contributed by atoms with Gasteiger partial charge in [0.05, 0.1) is 5.69 Å². The molecule has 6 nitrogen and oxygen atoms in total. The molecule has 1 amide bonds. The quantitative estimate of drug-likeness (QED) is 0.840. The zero-order valence-corrected chi connectivity index (χ0v) is 12.2. The first-order chi connectivity index (χ1) is 10.2. The van der Waals surface area contributed by atoms with Gasteiger partial charge in [0.2, 0.25) is 5.91 Å². The average molecular weight is 285 g/mol. The van der Waals surface area contributed by atoms with Crippen LogP contribution in [0.2, 0.25) is 0 Å². The molecule has 1 aliphatic carbocycles. The lowest BCUT2D eigenvalue weighted by Gasteiger charge is -2.31. The van der Waals surface area contributed by atoms with Crippen LogP contribution >= 0.6 is 0 Å². The van der Waals surface area contributed by atoms with Gasteiger partial charge < -0.3 is 4.90 Å². The molecule has 2 fully saturated rings. The van der Waals surface area contributed by atoms with Gasteiger partial charge in [0, 0.05) is 24.9 Å². The van der Waals surface area contributed by atoms with Crippen molar-refractivity contribution >= 4 is 11.6 Å². The summed E-state index contributed by atoms with van der Waals surface area (Å²) >= 11 is 0. The second-order valence-corrected chi connectivity index (χ2v) is 6.18. The third-order valence-corrected chi connectivity index (χ3v) is 4.52. The van der Waals surface area contributed by atoms with Crippen molar-refractivity contribution in [2.24, 2.45) is 5.92 Å². The Kier molecular flexibility index (Phi) is 2.90. The summed E-state index contributed by atoms with van der Waals surface area (Å²) < 4.78 is 1.86. The molecule has 0 aromatic carbocycles. The van der Waals surface area contributed by atoms with Gasteiger partial charge in [0.25, 0.3) is 0 Å². The largest absolute Gasteiger partial charge is 0.342 e. The first-order valence-corrected chi connectivity index (χ1v) is 7.70. The Morgan fingerprint density at radius 2 is 1.90 bits per heavy atom. The molecule has 0 radical (unpaired) electrons. The SMILES string of the molecule is Cc1ccc2nnc(C3CCN(C(=O)C4CC4)CC3)n2n1. The van der Waals surface area contributed by atoms with Crippen LogP contribution in [-0.4, -0.2) is 43.7 Å². The van der Waals surface area contributed by atoms with E-state index in [4.69, 9.17) is 0 Å². The predicted molar refractivity (Wildman–Crippen MR) is 76.8 cm³/mol. The number of carbonyl (C=O) groups is 1. The van der Waals surface area contributed by atoms with Crippen LogP contribution in [0.3, 0.4) is 0 Å². The summed E-state index contributed by atoms with van der Waals surface area (Å²) in [5.41, 5.74) is 1.76. The molecule has 1 aliphatic heterocycles. The van der Waals surface area contributed by atoms with Gasteiger partial charge >= 0.3 is 0 Å². The molecule has 0 atom stereocenters. The maximum absolute atomic E-state index is 12.1. The highest BCUT2D eigenvalue weighted by Gasteiger charge is 2.35. The molecule has 1 saturated carbocycles. The molecule has 0 unspecified atom stereocenters. The highest BCUT2D eigenvalue weighted by molar-refractivity contribution is 5.81.